The summed E-state index contributed by atoms with van der Waals surface area (Å²) in [6, 6.07) is 17.3. The maximum atomic E-state index is 12.4. The zero-order valence-electron chi connectivity index (χ0n) is 17.8. The van der Waals surface area contributed by atoms with Crippen LogP contribution in [0.15, 0.2) is 48.5 Å². The van der Waals surface area contributed by atoms with Crippen LogP contribution in [0.1, 0.15) is 34.3 Å². The van der Waals surface area contributed by atoms with Gasteiger partial charge in [-0.1, -0.05) is 12.1 Å². The molecule has 1 heterocycles. The topological polar surface area (TPSA) is 68.6 Å². The fraction of sp³-hybridized carbons (Fsp3) is 0.417. The minimum atomic E-state index is -0.0814. The van der Waals surface area contributed by atoms with Crippen LogP contribution < -0.4 is 10.1 Å². The molecule has 0 aromatic heterocycles. The van der Waals surface area contributed by atoms with E-state index < -0.39 is 0 Å². The molecule has 6 nitrogen and oxygen atoms in total. The molecule has 2 aromatic rings. The second kappa shape index (κ2) is 10.8. The number of hydrogen-bond acceptors (Lipinski definition) is 5. The SMILES string of the molecule is CN(C)CCCOc1ccc(CN2CC[C@H](NC(=O)c3ccc(C#N)cc3)C2)cc1. The first-order valence-electron chi connectivity index (χ1n) is 10.4. The highest BCUT2D eigenvalue weighted by Crippen LogP contribution is 2.17. The van der Waals surface area contributed by atoms with Gasteiger partial charge in [0.2, 0.25) is 0 Å². The monoisotopic (exact) mass is 406 g/mol. The Morgan fingerprint density at radius 2 is 1.93 bits per heavy atom. The van der Waals surface area contributed by atoms with Crippen LogP contribution >= 0.6 is 0 Å². The fourth-order valence-electron chi connectivity index (χ4n) is 3.58. The van der Waals surface area contributed by atoms with Crippen molar-refractivity contribution in [1.29, 1.82) is 5.26 Å². The molecule has 0 radical (unpaired) electrons. The van der Waals surface area contributed by atoms with Crippen molar-refractivity contribution in [1.82, 2.24) is 15.1 Å². The maximum absolute atomic E-state index is 12.4. The van der Waals surface area contributed by atoms with E-state index in [0.717, 1.165) is 51.4 Å². The minimum absolute atomic E-state index is 0.0814. The van der Waals surface area contributed by atoms with Crippen LogP contribution in [0.25, 0.3) is 0 Å². The number of nitrogens with zero attached hydrogens (tertiary/aromatic N) is 3. The summed E-state index contributed by atoms with van der Waals surface area (Å²) in [6.07, 6.45) is 1.95. The first-order chi connectivity index (χ1) is 14.5. The number of carbonyl (C=O) groups is 1. The first kappa shape index (κ1) is 21.8. The number of ether oxygens (including phenoxy) is 1. The van der Waals surface area contributed by atoms with Gasteiger partial charge in [0, 0.05) is 37.8 Å². The van der Waals surface area contributed by atoms with E-state index in [1.54, 1.807) is 24.3 Å². The van der Waals surface area contributed by atoms with Crippen LogP contribution in [0.5, 0.6) is 5.75 Å². The summed E-state index contributed by atoms with van der Waals surface area (Å²) in [4.78, 5) is 16.9. The summed E-state index contributed by atoms with van der Waals surface area (Å²) >= 11 is 0. The third-order valence-electron chi connectivity index (χ3n) is 5.23. The van der Waals surface area contributed by atoms with E-state index in [9.17, 15) is 4.79 Å². The van der Waals surface area contributed by atoms with E-state index in [4.69, 9.17) is 10.00 Å². The third-order valence-corrected chi connectivity index (χ3v) is 5.23. The van der Waals surface area contributed by atoms with Gasteiger partial charge in [-0.3, -0.25) is 9.69 Å². The molecule has 1 aliphatic heterocycles. The molecule has 2 aromatic carbocycles. The molecule has 0 aliphatic carbocycles. The Morgan fingerprint density at radius 3 is 2.60 bits per heavy atom. The van der Waals surface area contributed by atoms with E-state index in [0.29, 0.717) is 11.1 Å². The lowest BCUT2D eigenvalue weighted by molar-refractivity contribution is 0.0937. The molecule has 0 spiro atoms. The van der Waals surface area contributed by atoms with Crippen molar-refractivity contribution in [2.45, 2.75) is 25.4 Å². The van der Waals surface area contributed by atoms with Gasteiger partial charge in [0.05, 0.1) is 18.2 Å². The number of nitrogens with one attached hydrogen (secondary N) is 1. The average Bonchev–Trinajstić information content (AvgIpc) is 3.19. The lowest BCUT2D eigenvalue weighted by Crippen LogP contribution is -2.36. The van der Waals surface area contributed by atoms with Crippen LogP contribution in [0.3, 0.4) is 0 Å². The van der Waals surface area contributed by atoms with E-state index >= 15 is 0 Å². The molecule has 3 rings (SSSR count). The fourth-order valence-corrected chi connectivity index (χ4v) is 3.58. The number of nitriles is 1. The molecule has 1 atom stereocenters. The van der Waals surface area contributed by atoms with Crippen LogP contribution in [0.4, 0.5) is 0 Å². The van der Waals surface area contributed by atoms with E-state index in [1.165, 1.54) is 5.56 Å². The highest BCUT2D eigenvalue weighted by molar-refractivity contribution is 5.94. The Kier molecular flexibility index (Phi) is 7.83. The number of amides is 1. The van der Waals surface area contributed by atoms with Gasteiger partial charge in [0.15, 0.2) is 0 Å². The van der Waals surface area contributed by atoms with E-state index in [1.807, 2.05) is 12.1 Å². The van der Waals surface area contributed by atoms with Crippen molar-refractivity contribution in [2.75, 3.05) is 40.3 Å². The van der Waals surface area contributed by atoms with E-state index in [2.05, 4.69) is 47.4 Å². The molecule has 1 saturated heterocycles. The van der Waals surface area contributed by atoms with Crippen molar-refractivity contribution in [3.8, 4) is 11.8 Å². The Balaban J connectivity index is 1.42. The Labute approximate surface area is 179 Å². The summed E-state index contributed by atoms with van der Waals surface area (Å²) in [7, 11) is 4.13. The summed E-state index contributed by atoms with van der Waals surface area (Å²) in [5, 5.41) is 12.0. The third kappa shape index (κ3) is 6.58. The molecule has 6 heteroatoms. The van der Waals surface area contributed by atoms with Crippen LogP contribution in [-0.2, 0) is 6.54 Å². The predicted octanol–water partition coefficient (Wildman–Crippen LogP) is 2.89. The zero-order valence-corrected chi connectivity index (χ0v) is 17.8. The predicted molar refractivity (Wildman–Crippen MR) is 117 cm³/mol. The number of benzene rings is 2. The molecule has 0 saturated carbocycles. The summed E-state index contributed by atoms with van der Waals surface area (Å²) < 4.78 is 5.79. The van der Waals surface area contributed by atoms with Gasteiger partial charge >= 0.3 is 0 Å². The van der Waals surface area contributed by atoms with Crippen molar-refractivity contribution in [3.63, 3.8) is 0 Å². The zero-order chi connectivity index (χ0) is 21.3. The van der Waals surface area contributed by atoms with Crippen molar-refractivity contribution >= 4 is 5.91 Å². The molecule has 0 bridgehead atoms. The van der Waals surface area contributed by atoms with Gasteiger partial charge in [0.25, 0.3) is 5.91 Å². The number of rotatable bonds is 9. The Morgan fingerprint density at radius 1 is 1.20 bits per heavy atom. The summed E-state index contributed by atoms with van der Waals surface area (Å²) in [6.45, 7) is 4.41. The average molecular weight is 407 g/mol. The lowest BCUT2D eigenvalue weighted by atomic mass is 10.1. The molecule has 1 aliphatic rings. The smallest absolute Gasteiger partial charge is 0.251 e. The molecule has 1 N–H and O–H groups in total. The van der Waals surface area contributed by atoms with Gasteiger partial charge in [-0.05, 0) is 68.9 Å². The number of likely N-dealkylation sites (tertiary alicyclic amines) is 1. The normalized spacial score (nSPS) is 16.4. The number of carbonyl (C=O) groups excluding carboxylic acids is 1. The minimum Gasteiger partial charge on any atom is -0.494 e. The Hall–Kier alpha value is -2.88. The van der Waals surface area contributed by atoms with Gasteiger partial charge in [0.1, 0.15) is 5.75 Å². The molecule has 1 amide bonds. The van der Waals surface area contributed by atoms with Crippen LogP contribution in [0.2, 0.25) is 0 Å². The largest absolute Gasteiger partial charge is 0.494 e. The Bertz CT molecular complexity index is 856. The van der Waals surface area contributed by atoms with Gasteiger partial charge in [-0.2, -0.15) is 5.26 Å². The summed E-state index contributed by atoms with van der Waals surface area (Å²) in [5.74, 6) is 0.827. The molecular formula is C24H30N4O2. The number of hydrogen-bond donors (Lipinski definition) is 1. The molecule has 30 heavy (non-hydrogen) atoms. The molecule has 0 unspecified atom stereocenters. The maximum Gasteiger partial charge on any atom is 0.251 e. The lowest BCUT2D eigenvalue weighted by Gasteiger charge is -2.17. The molecular weight excluding hydrogens is 376 g/mol. The van der Waals surface area contributed by atoms with Crippen molar-refractivity contribution < 1.29 is 9.53 Å². The van der Waals surface area contributed by atoms with E-state index in [-0.39, 0.29) is 11.9 Å². The highest BCUT2D eigenvalue weighted by atomic mass is 16.5. The van der Waals surface area contributed by atoms with Gasteiger partial charge < -0.3 is 15.0 Å². The standard InChI is InChI=1S/C24H30N4O2/c1-27(2)13-3-15-30-23-10-6-20(7-11-23)17-28-14-12-22(18-28)26-24(29)21-8-4-19(16-25)5-9-21/h4-11,22H,3,12-15,17-18H2,1-2H3,(H,26,29)/t22-/m0/s1. The van der Waals surface area contributed by atoms with Crippen LogP contribution in [0, 0.1) is 11.3 Å². The summed E-state index contributed by atoms with van der Waals surface area (Å²) in [5.41, 5.74) is 2.40. The van der Waals surface area contributed by atoms with Gasteiger partial charge in [-0.25, -0.2) is 0 Å². The van der Waals surface area contributed by atoms with Crippen LogP contribution in [-0.4, -0.2) is 62.1 Å². The second-order valence-electron chi connectivity index (χ2n) is 8.03. The molecule has 158 valence electrons. The molecule has 1 fully saturated rings. The van der Waals surface area contributed by atoms with Gasteiger partial charge in [-0.15, -0.1) is 0 Å². The second-order valence-corrected chi connectivity index (χ2v) is 8.03. The van der Waals surface area contributed by atoms with Crippen molar-refractivity contribution in [2.24, 2.45) is 0 Å². The first-order valence-corrected chi connectivity index (χ1v) is 10.4. The van der Waals surface area contributed by atoms with Crippen molar-refractivity contribution in [3.05, 3.63) is 65.2 Å². The highest BCUT2D eigenvalue weighted by Gasteiger charge is 2.24. The quantitative estimate of drug-likeness (QED) is 0.649.